The maximum absolute atomic E-state index is 5.17. The van der Waals surface area contributed by atoms with Gasteiger partial charge >= 0.3 is 0 Å². The van der Waals surface area contributed by atoms with Gasteiger partial charge in [-0.2, -0.15) is 0 Å². The van der Waals surface area contributed by atoms with Crippen LogP contribution in [0.1, 0.15) is 32.1 Å². The summed E-state index contributed by atoms with van der Waals surface area (Å²) < 4.78 is 7.07. The summed E-state index contributed by atoms with van der Waals surface area (Å²) in [6, 6.07) is 0.271. The van der Waals surface area contributed by atoms with Crippen LogP contribution in [0.5, 0.6) is 0 Å². The van der Waals surface area contributed by atoms with Crippen molar-refractivity contribution < 1.29 is 17.1 Å². The molecular weight excluding hydrogens is 328 g/mol. The second kappa shape index (κ2) is 10.8. The SMILES string of the molecule is C=CCN1CCN(C(CC(C)C)c2nnnn2CCOC)CC1.[Cl-]. The molecule has 138 valence electrons. The zero-order valence-electron chi connectivity index (χ0n) is 15.1. The van der Waals surface area contributed by atoms with Gasteiger partial charge in [0.05, 0.1) is 19.2 Å². The van der Waals surface area contributed by atoms with Crippen LogP contribution in [0.15, 0.2) is 12.7 Å². The first kappa shape index (κ1) is 21.0. The average Bonchev–Trinajstić information content (AvgIpc) is 3.00. The van der Waals surface area contributed by atoms with Crippen LogP contribution in [0.25, 0.3) is 0 Å². The van der Waals surface area contributed by atoms with Gasteiger partial charge in [0.2, 0.25) is 0 Å². The molecule has 1 fully saturated rings. The van der Waals surface area contributed by atoms with Crippen LogP contribution in [0.4, 0.5) is 0 Å². The zero-order chi connectivity index (χ0) is 16.7. The Balaban J connectivity index is 0.00000288. The van der Waals surface area contributed by atoms with Crippen LogP contribution in [-0.2, 0) is 11.3 Å². The number of tetrazole rings is 1. The van der Waals surface area contributed by atoms with Gasteiger partial charge in [0.25, 0.3) is 0 Å². The minimum Gasteiger partial charge on any atom is -1.00 e. The van der Waals surface area contributed by atoms with E-state index in [2.05, 4.69) is 45.8 Å². The van der Waals surface area contributed by atoms with Gasteiger partial charge in [0, 0.05) is 39.8 Å². The average molecular weight is 358 g/mol. The third-order valence-corrected chi connectivity index (χ3v) is 4.29. The predicted octanol–water partition coefficient (Wildman–Crippen LogP) is -1.79. The molecule has 1 aromatic rings. The molecule has 1 unspecified atom stereocenters. The van der Waals surface area contributed by atoms with E-state index >= 15 is 0 Å². The molecule has 0 amide bonds. The van der Waals surface area contributed by atoms with Gasteiger partial charge in [-0.1, -0.05) is 19.9 Å². The van der Waals surface area contributed by atoms with Crippen molar-refractivity contribution in [2.75, 3.05) is 46.4 Å². The lowest BCUT2D eigenvalue weighted by molar-refractivity contribution is -0.00000574. The summed E-state index contributed by atoms with van der Waals surface area (Å²) in [4.78, 5) is 4.96. The first-order chi connectivity index (χ1) is 11.2. The van der Waals surface area contributed by atoms with E-state index in [4.69, 9.17) is 4.74 Å². The number of piperazine rings is 1. The van der Waals surface area contributed by atoms with E-state index in [-0.39, 0.29) is 18.4 Å². The third-order valence-electron chi connectivity index (χ3n) is 4.29. The minimum absolute atomic E-state index is 0. The number of hydrogen-bond donors (Lipinski definition) is 0. The largest absolute Gasteiger partial charge is 1.00 e. The number of hydrogen-bond acceptors (Lipinski definition) is 6. The molecule has 0 N–H and O–H groups in total. The van der Waals surface area contributed by atoms with Crippen LogP contribution in [0.2, 0.25) is 0 Å². The number of nitrogens with zero attached hydrogens (tertiary/aromatic N) is 6. The number of aromatic nitrogens is 4. The quantitative estimate of drug-likeness (QED) is 0.487. The lowest BCUT2D eigenvalue weighted by Gasteiger charge is -2.39. The van der Waals surface area contributed by atoms with Crippen LogP contribution < -0.4 is 12.4 Å². The van der Waals surface area contributed by atoms with Crippen LogP contribution in [0, 0.1) is 5.92 Å². The van der Waals surface area contributed by atoms with Crippen molar-refractivity contribution in [3.05, 3.63) is 18.5 Å². The van der Waals surface area contributed by atoms with Crippen molar-refractivity contribution in [3.63, 3.8) is 0 Å². The van der Waals surface area contributed by atoms with Crippen LogP contribution >= 0.6 is 0 Å². The molecule has 0 aliphatic carbocycles. The molecule has 0 saturated carbocycles. The van der Waals surface area contributed by atoms with Crippen molar-refractivity contribution in [1.29, 1.82) is 0 Å². The van der Waals surface area contributed by atoms with Crippen molar-refractivity contribution in [2.45, 2.75) is 32.9 Å². The Hall–Kier alpha value is -1.02. The van der Waals surface area contributed by atoms with E-state index in [0.29, 0.717) is 19.1 Å². The molecule has 2 heterocycles. The molecule has 0 spiro atoms. The van der Waals surface area contributed by atoms with Gasteiger partial charge in [-0.25, -0.2) is 4.68 Å². The highest BCUT2D eigenvalue weighted by Crippen LogP contribution is 2.27. The second-order valence-electron chi connectivity index (χ2n) is 6.52. The fraction of sp³-hybridized carbons (Fsp3) is 0.812. The number of rotatable bonds is 9. The summed E-state index contributed by atoms with van der Waals surface area (Å²) >= 11 is 0. The van der Waals surface area contributed by atoms with E-state index in [1.54, 1.807) is 7.11 Å². The predicted molar refractivity (Wildman–Crippen MR) is 90.1 cm³/mol. The maximum Gasteiger partial charge on any atom is 0.168 e. The Morgan fingerprint density at radius 3 is 2.54 bits per heavy atom. The molecule has 0 aromatic carbocycles. The monoisotopic (exact) mass is 357 g/mol. The smallest absolute Gasteiger partial charge is 0.168 e. The summed E-state index contributed by atoms with van der Waals surface area (Å²) in [6.45, 7) is 14.9. The Bertz CT molecular complexity index is 473. The fourth-order valence-corrected chi connectivity index (χ4v) is 3.09. The Morgan fingerprint density at radius 1 is 1.25 bits per heavy atom. The topological polar surface area (TPSA) is 59.3 Å². The van der Waals surface area contributed by atoms with E-state index in [1.807, 2.05) is 10.8 Å². The van der Waals surface area contributed by atoms with Gasteiger partial charge in [-0.3, -0.25) is 9.80 Å². The summed E-state index contributed by atoms with van der Waals surface area (Å²) in [7, 11) is 1.70. The molecule has 1 aliphatic heterocycles. The van der Waals surface area contributed by atoms with E-state index in [1.165, 1.54) is 0 Å². The second-order valence-corrected chi connectivity index (χ2v) is 6.52. The van der Waals surface area contributed by atoms with Gasteiger partial charge in [0.15, 0.2) is 5.82 Å². The highest BCUT2D eigenvalue weighted by atomic mass is 35.5. The van der Waals surface area contributed by atoms with Gasteiger partial charge in [-0.05, 0) is 22.8 Å². The van der Waals surface area contributed by atoms with Crippen molar-refractivity contribution in [1.82, 2.24) is 30.0 Å². The highest BCUT2D eigenvalue weighted by Gasteiger charge is 2.29. The van der Waals surface area contributed by atoms with Crippen molar-refractivity contribution >= 4 is 0 Å². The molecule has 1 aromatic heterocycles. The molecule has 0 bridgehead atoms. The lowest BCUT2D eigenvalue weighted by atomic mass is 10.0. The molecule has 1 atom stereocenters. The third kappa shape index (κ3) is 5.81. The molecule has 8 heteroatoms. The summed E-state index contributed by atoms with van der Waals surface area (Å²) in [5.74, 6) is 1.56. The van der Waals surface area contributed by atoms with E-state index < -0.39 is 0 Å². The van der Waals surface area contributed by atoms with E-state index in [0.717, 1.165) is 45.0 Å². The Morgan fingerprint density at radius 2 is 1.96 bits per heavy atom. The molecule has 7 nitrogen and oxygen atoms in total. The minimum atomic E-state index is 0. The normalized spacial score (nSPS) is 17.7. The van der Waals surface area contributed by atoms with Gasteiger partial charge < -0.3 is 17.1 Å². The fourth-order valence-electron chi connectivity index (χ4n) is 3.09. The van der Waals surface area contributed by atoms with Crippen molar-refractivity contribution in [3.8, 4) is 0 Å². The summed E-state index contributed by atoms with van der Waals surface area (Å²) in [6.07, 6.45) is 3.04. The number of ether oxygens (including phenoxy) is 1. The Labute approximate surface area is 151 Å². The van der Waals surface area contributed by atoms with E-state index in [9.17, 15) is 0 Å². The van der Waals surface area contributed by atoms with Crippen LogP contribution in [-0.4, -0.2) is 76.4 Å². The van der Waals surface area contributed by atoms with Gasteiger partial charge in [-0.15, -0.1) is 11.7 Å². The first-order valence-corrected chi connectivity index (χ1v) is 8.48. The maximum atomic E-state index is 5.17. The standard InChI is InChI=1S/C16H30N6O.ClH/c1-5-6-20-7-9-21(10-8-20)15(13-14(2)3)16-17-18-19-22(16)11-12-23-4;/h5,14-15H,1,6-13H2,2-4H3;1H/p-1. The van der Waals surface area contributed by atoms with Crippen LogP contribution in [0.3, 0.4) is 0 Å². The number of methoxy groups -OCH3 is 1. The first-order valence-electron chi connectivity index (χ1n) is 8.48. The molecule has 1 saturated heterocycles. The zero-order valence-corrected chi connectivity index (χ0v) is 15.8. The molecular formula is C16H30ClN6O-. The molecule has 2 rings (SSSR count). The molecule has 0 radical (unpaired) electrons. The Kier molecular flexibility index (Phi) is 9.43. The molecule has 1 aliphatic rings. The van der Waals surface area contributed by atoms with Gasteiger partial charge in [0.1, 0.15) is 0 Å². The lowest BCUT2D eigenvalue weighted by Crippen LogP contribution is -3.00. The summed E-state index contributed by atoms with van der Waals surface area (Å²) in [5, 5.41) is 12.4. The highest BCUT2D eigenvalue weighted by molar-refractivity contribution is 4.96. The molecule has 24 heavy (non-hydrogen) atoms. The summed E-state index contributed by atoms with van der Waals surface area (Å²) in [5.41, 5.74) is 0. The van der Waals surface area contributed by atoms with Crippen molar-refractivity contribution in [2.24, 2.45) is 5.92 Å². The number of halogens is 1.